The fourth-order valence-corrected chi connectivity index (χ4v) is 3.71. The maximum atomic E-state index is 12.9. The van der Waals surface area contributed by atoms with Gasteiger partial charge in [0.05, 0.1) is 6.21 Å². The molecule has 3 aromatic rings. The highest BCUT2D eigenvalue weighted by Gasteiger charge is 2.14. The number of phenolic OH excluding ortho intramolecular Hbond substituents is 1. The van der Waals surface area contributed by atoms with Gasteiger partial charge in [0.2, 0.25) is 0 Å². The molecule has 0 aromatic heterocycles. The Morgan fingerprint density at radius 3 is 2.34 bits per heavy atom. The Hall–Kier alpha value is -3.91. The monoisotopic (exact) mass is 534 g/mol. The highest BCUT2D eigenvalue weighted by atomic mass is 79.9. The normalized spacial score (nSPS) is 11.3. The summed E-state index contributed by atoms with van der Waals surface area (Å²) < 4.78 is 0.756. The van der Waals surface area contributed by atoms with Crippen molar-refractivity contribution in [1.29, 1.82) is 0 Å². The van der Waals surface area contributed by atoms with Crippen molar-refractivity contribution in [2.24, 2.45) is 5.10 Å². The highest BCUT2D eigenvalue weighted by molar-refractivity contribution is 9.10. The predicted octanol–water partition coefficient (Wildman–Crippen LogP) is 4.92. The van der Waals surface area contributed by atoms with Gasteiger partial charge in [0, 0.05) is 34.4 Å². The van der Waals surface area contributed by atoms with Crippen molar-refractivity contribution in [2.75, 3.05) is 18.0 Å². The maximum absolute atomic E-state index is 12.9. The summed E-state index contributed by atoms with van der Waals surface area (Å²) >= 11 is 3.33. The van der Waals surface area contributed by atoms with Crippen molar-refractivity contribution >= 4 is 45.7 Å². The molecule has 35 heavy (non-hydrogen) atoms. The van der Waals surface area contributed by atoms with E-state index in [1.807, 2.05) is 30.3 Å². The van der Waals surface area contributed by atoms with E-state index in [-0.39, 0.29) is 11.4 Å². The van der Waals surface area contributed by atoms with Crippen LogP contribution in [0.2, 0.25) is 0 Å². The van der Waals surface area contributed by atoms with Crippen LogP contribution in [0.5, 0.6) is 5.75 Å². The molecule has 0 bridgehead atoms. The molecule has 8 heteroatoms. The van der Waals surface area contributed by atoms with Crippen LogP contribution >= 0.6 is 15.9 Å². The molecule has 0 saturated heterocycles. The minimum atomic E-state index is -0.604. The lowest BCUT2D eigenvalue weighted by Crippen LogP contribution is -2.32. The summed E-state index contributed by atoms with van der Waals surface area (Å²) in [5, 5.41) is 16.6. The number of halogens is 1. The zero-order valence-corrected chi connectivity index (χ0v) is 21.1. The van der Waals surface area contributed by atoms with E-state index in [0.29, 0.717) is 11.1 Å². The van der Waals surface area contributed by atoms with Crippen LogP contribution < -0.4 is 15.6 Å². The number of hydrogen-bond acceptors (Lipinski definition) is 5. The number of nitrogens with zero attached hydrogens (tertiary/aromatic N) is 2. The summed E-state index contributed by atoms with van der Waals surface area (Å²) in [6, 6.07) is 21.2. The van der Waals surface area contributed by atoms with Gasteiger partial charge >= 0.3 is 0 Å². The lowest BCUT2D eigenvalue weighted by molar-refractivity contribution is -0.117. The Labute approximate surface area is 213 Å². The van der Waals surface area contributed by atoms with Gasteiger partial charge in [0.1, 0.15) is 11.4 Å². The summed E-state index contributed by atoms with van der Waals surface area (Å²) in [4.78, 5) is 27.9. The molecule has 7 nitrogen and oxygen atoms in total. The molecule has 0 unspecified atom stereocenters. The standard InChI is InChI=1S/C27H27BrN4O3/c1-3-32(4-2)23-13-10-19(11-14-23)16-24(30-26(34)20-8-6-5-7-9-20)27(35)31-29-18-21-17-22(28)12-15-25(21)33/h5-18,33H,3-4H2,1-2H3,(H,30,34)(H,31,35)/b24-16+,29-18-. The van der Waals surface area contributed by atoms with Crippen LogP contribution in [0.3, 0.4) is 0 Å². The summed E-state index contributed by atoms with van der Waals surface area (Å²) in [6.07, 6.45) is 2.92. The van der Waals surface area contributed by atoms with Gasteiger partial charge in [0.25, 0.3) is 11.8 Å². The van der Waals surface area contributed by atoms with Gasteiger partial charge in [-0.1, -0.05) is 46.3 Å². The van der Waals surface area contributed by atoms with E-state index in [2.05, 4.69) is 50.5 Å². The molecular weight excluding hydrogens is 508 g/mol. The largest absolute Gasteiger partial charge is 0.507 e. The molecular formula is C27H27BrN4O3. The van der Waals surface area contributed by atoms with E-state index < -0.39 is 11.8 Å². The van der Waals surface area contributed by atoms with Gasteiger partial charge < -0.3 is 15.3 Å². The molecule has 3 rings (SSSR count). The van der Waals surface area contributed by atoms with Gasteiger partial charge in [-0.2, -0.15) is 5.10 Å². The number of anilines is 1. The van der Waals surface area contributed by atoms with Crippen molar-refractivity contribution in [1.82, 2.24) is 10.7 Å². The van der Waals surface area contributed by atoms with Crippen molar-refractivity contribution in [2.45, 2.75) is 13.8 Å². The van der Waals surface area contributed by atoms with E-state index in [0.717, 1.165) is 28.8 Å². The van der Waals surface area contributed by atoms with Gasteiger partial charge in [-0.05, 0) is 68.0 Å². The number of benzene rings is 3. The Morgan fingerprint density at radius 2 is 1.69 bits per heavy atom. The van der Waals surface area contributed by atoms with Gasteiger partial charge in [-0.3, -0.25) is 9.59 Å². The van der Waals surface area contributed by atoms with Crippen LogP contribution in [-0.2, 0) is 4.79 Å². The average molecular weight is 535 g/mol. The third-order valence-electron chi connectivity index (χ3n) is 5.22. The van der Waals surface area contributed by atoms with Gasteiger partial charge in [0.15, 0.2) is 0 Å². The number of nitrogens with one attached hydrogen (secondary N) is 2. The Morgan fingerprint density at radius 1 is 1.00 bits per heavy atom. The van der Waals surface area contributed by atoms with E-state index in [9.17, 15) is 14.7 Å². The van der Waals surface area contributed by atoms with Crippen LogP contribution in [0.15, 0.2) is 88.1 Å². The Kier molecular flexibility index (Phi) is 9.20. The molecule has 0 aliphatic carbocycles. The lowest BCUT2D eigenvalue weighted by atomic mass is 10.1. The molecule has 0 spiro atoms. The van der Waals surface area contributed by atoms with Crippen LogP contribution in [0.25, 0.3) is 6.08 Å². The predicted molar refractivity (Wildman–Crippen MR) is 143 cm³/mol. The summed E-state index contributed by atoms with van der Waals surface area (Å²) in [5.74, 6) is -0.999. The summed E-state index contributed by atoms with van der Waals surface area (Å²) in [5.41, 5.74) is 5.11. The van der Waals surface area contributed by atoms with E-state index >= 15 is 0 Å². The summed E-state index contributed by atoms with van der Waals surface area (Å²) in [7, 11) is 0. The number of carbonyl (C=O) groups is 2. The SMILES string of the molecule is CCN(CC)c1ccc(/C=C(/NC(=O)c2ccccc2)C(=O)N/N=C\c2cc(Br)ccc2O)cc1. The van der Waals surface area contributed by atoms with Crippen LogP contribution in [-0.4, -0.2) is 36.2 Å². The third-order valence-corrected chi connectivity index (χ3v) is 5.71. The van der Waals surface area contributed by atoms with Crippen LogP contribution in [0.4, 0.5) is 5.69 Å². The number of amides is 2. The van der Waals surface area contributed by atoms with Crippen molar-refractivity contribution in [3.05, 3.63) is 99.7 Å². The van der Waals surface area contributed by atoms with E-state index in [4.69, 9.17) is 0 Å². The fraction of sp³-hybridized carbons (Fsp3) is 0.148. The second kappa shape index (κ2) is 12.5. The fourth-order valence-electron chi connectivity index (χ4n) is 3.33. The molecule has 0 atom stereocenters. The topological polar surface area (TPSA) is 94.0 Å². The minimum Gasteiger partial charge on any atom is -0.507 e. The van der Waals surface area contributed by atoms with E-state index in [1.165, 1.54) is 12.3 Å². The first-order chi connectivity index (χ1) is 16.9. The zero-order valence-electron chi connectivity index (χ0n) is 19.5. The Bertz CT molecular complexity index is 1220. The molecule has 3 aromatic carbocycles. The number of hydrazone groups is 1. The zero-order chi connectivity index (χ0) is 25.2. The Balaban J connectivity index is 1.84. The number of rotatable bonds is 9. The first kappa shape index (κ1) is 25.7. The second-order valence-corrected chi connectivity index (χ2v) is 8.46. The first-order valence-corrected chi connectivity index (χ1v) is 12.0. The minimum absolute atomic E-state index is 0.0210. The van der Waals surface area contributed by atoms with Crippen molar-refractivity contribution in [3.8, 4) is 5.75 Å². The number of phenols is 1. The van der Waals surface area contributed by atoms with Gasteiger partial charge in [-0.25, -0.2) is 5.43 Å². The molecule has 3 N–H and O–H groups in total. The van der Waals surface area contributed by atoms with Crippen LogP contribution in [0, 0.1) is 0 Å². The highest BCUT2D eigenvalue weighted by Crippen LogP contribution is 2.20. The quantitative estimate of drug-likeness (QED) is 0.206. The number of aromatic hydroxyl groups is 1. The summed E-state index contributed by atoms with van der Waals surface area (Å²) in [6.45, 7) is 5.95. The molecule has 2 amide bonds. The smallest absolute Gasteiger partial charge is 0.287 e. The van der Waals surface area contributed by atoms with Crippen molar-refractivity contribution < 1.29 is 14.7 Å². The second-order valence-electron chi connectivity index (χ2n) is 7.54. The molecule has 0 aliphatic heterocycles. The molecule has 180 valence electrons. The van der Waals surface area contributed by atoms with Crippen molar-refractivity contribution in [3.63, 3.8) is 0 Å². The molecule has 0 fully saturated rings. The first-order valence-electron chi connectivity index (χ1n) is 11.2. The lowest BCUT2D eigenvalue weighted by Gasteiger charge is -2.20. The van der Waals surface area contributed by atoms with Gasteiger partial charge in [-0.15, -0.1) is 0 Å². The van der Waals surface area contributed by atoms with E-state index in [1.54, 1.807) is 42.5 Å². The average Bonchev–Trinajstić information content (AvgIpc) is 2.87. The molecule has 0 saturated carbocycles. The molecule has 0 aliphatic rings. The van der Waals surface area contributed by atoms with Crippen LogP contribution in [0.1, 0.15) is 35.3 Å². The molecule has 0 radical (unpaired) electrons. The third kappa shape index (κ3) is 7.28. The number of carbonyl (C=O) groups excluding carboxylic acids is 2. The maximum Gasteiger partial charge on any atom is 0.287 e. The molecule has 0 heterocycles. The number of hydrogen-bond donors (Lipinski definition) is 3.